The standard InChI is InChI=1S/C19H13Cl2F3N2O2/c20-10-5-4-9(8-11(10)21)25-18(27)17-14-7-6-13(28-14)16(17)12-2-1-3-15(26-12)19(22,23)24/h1-5,8,13-14H,6-7H2,(H,25,27)/t13-,14+/m0/s1. The Morgan fingerprint density at radius 2 is 1.86 bits per heavy atom. The number of fused-ring (bicyclic) bond motifs is 2. The number of alkyl halides is 3. The molecule has 1 aromatic carbocycles. The van der Waals surface area contributed by atoms with E-state index in [2.05, 4.69) is 10.3 Å². The van der Waals surface area contributed by atoms with Crippen molar-refractivity contribution >= 4 is 40.4 Å². The monoisotopic (exact) mass is 428 g/mol. The fourth-order valence-electron chi connectivity index (χ4n) is 3.50. The average Bonchev–Trinajstić information content (AvgIpc) is 3.25. The molecule has 2 aliphatic heterocycles. The Labute approximate surface area is 168 Å². The van der Waals surface area contributed by atoms with Crippen LogP contribution in [0.2, 0.25) is 10.0 Å². The third-order valence-corrected chi connectivity index (χ3v) is 5.43. The van der Waals surface area contributed by atoms with E-state index in [9.17, 15) is 18.0 Å². The predicted octanol–water partition coefficient (Wildman–Crippen LogP) is 5.36. The van der Waals surface area contributed by atoms with Gasteiger partial charge in [0.25, 0.3) is 5.91 Å². The van der Waals surface area contributed by atoms with Crippen LogP contribution < -0.4 is 5.32 Å². The van der Waals surface area contributed by atoms with Gasteiger partial charge in [-0.1, -0.05) is 29.3 Å². The van der Waals surface area contributed by atoms with E-state index in [1.54, 1.807) is 12.1 Å². The van der Waals surface area contributed by atoms with E-state index in [-0.39, 0.29) is 10.7 Å². The number of hydrogen-bond acceptors (Lipinski definition) is 3. The molecule has 0 saturated carbocycles. The predicted molar refractivity (Wildman–Crippen MR) is 99.1 cm³/mol. The number of aromatic nitrogens is 1. The molecule has 4 nitrogen and oxygen atoms in total. The number of nitrogens with one attached hydrogen (secondary N) is 1. The van der Waals surface area contributed by atoms with Gasteiger partial charge in [0.15, 0.2) is 0 Å². The van der Waals surface area contributed by atoms with E-state index in [0.29, 0.717) is 34.7 Å². The van der Waals surface area contributed by atoms with Crippen LogP contribution in [-0.4, -0.2) is 23.1 Å². The second-order valence-electron chi connectivity index (χ2n) is 6.51. The van der Waals surface area contributed by atoms with Crippen molar-refractivity contribution in [2.24, 2.45) is 0 Å². The summed E-state index contributed by atoms with van der Waals surface area (Å²) in [4.78, 5) is 16.6. The average molecular weight is 429 g/mol. The van der Waals surface area contributed by atoms with Crippen LogP contribution in [0.4, 0.5) is 18.9 Å². The molecule has 4 rings (SSSR count). The molecule has 146 valence electrons. The van der Waals surface area contributed by atoms with Crippen LogP contribution in [0.3, 0.4) is 0 Å². The van der Waals surface area contributed by atoms with Crippen molar-refractivity contribution < 1.29 is 22.7 Å². The van der Waals surface area contributed by atoms with Crippen molar-refractivity contribution in [2.45, 2.75) is 31.2 Å². The normalized spacial score (nSPS) is 21.3. The first-order valence-electron chi connectivity index (χ1n) is 8.44. The molecular formula is C19H13Cl2F3N2O2. The molecule has 3 heterocycles. The minimum absolute atomic E-state index is 0.0984. The second kappa shape index (κ2) is 7.06. The summed E-state index contributed by atoms with van der Waals surface area (Å²) in [5, 5.41) is 3.33. The van der Waals surface area contributed by atoms with Crippen LogP contribution in [0, 0.1) is 0 Å². The molecule has 2 aromatic rings. The Bertz CT molecular complexity index is 991. The lowest BCUT2D eigenvalue weighted by molar-refractivity contribution is -0.141. The highest BCUT2D eigenvalue weighted by Crippen LogP contribution is 2.44. The van der Waals surface area contributed by atoms with Crippen LogP contribution in [0.5, 0.6) is 0 Å². The summed E-state index contributed by atoms with van der Waals surface area (Å²) in [7, 11) is 0. The Kier molecular flexibility index (Phi) is 4.85. The third-order valence-electron chi connectivity index (χ3n) is 4.69. The highest BCUT2D eigenvalue weighted by Gasteiger charge is 2.44. The summed E-state index contributed by atoms with van der Waals surface area (Å²) in [5.41, 5.74) is 0.214. The lowest BCUT2D eigenvalue weighted by Gasteiger charge is -2.17. The molecule has 2 aliphatic rings. The zero-order valence-electron chi connectivity index (χ0n) is 14.2. The molecular weight excluding hydrogens is 416 g/mol. The van der Waals surface area contributed by atoms with Gasteiger partial charge < -0.3 is 10.1 Å². The summed E-state index contributed by atoms with van der Waals surface area (Å²) in [6.45, 7) is 0. The maximum absolute atomic E-state index is 13.0. The van der Waals surface area contributed by atoms with Crippen molar-refractivity contribution in [3.8, 4) is 0 Å². The van der Waals surface area contributed by atoms with Crippen molar-refractivity contribution in [1.29, 1.82) is 0 Å². The lowest BCUT2D eigenvalue weighted by Crippen LogP contribution is -2.23. The van der Waals surface area contributed by atoms with Gasteiger partial charge in [-0.2, -0.15) is 13.2 Å². The van der Waals surface area contributed by atoms with Crippen molar-refractivity contribution in [2.75, 3.05) is 5.32 Å². The molecule has 1 amide bonds. The Morgan fingerprint density at radius 3 is 2.57 bits per heavy atom. The van der Waals surface area contributed by atoms with Crippen molar-refractivity contribution in [3.63, 3.8) is 0 Å². The summed E-state index contributed by atoms with van der Waals surface area (Å²) in [6, 6.07) is 8.26. The number of halogens is 5. The summed E-state index contributed by atoms with van der Waals surface area (Å²) in [6.07, 6.45) is -4.24. The van der Waals surface area contributed by atoms with Gasteiger partial charge in [0.1, 0.15) is 5.69 Å². The van der Waals surface area contributed by atoms with Crippen molar-refractivity contribution in [3.05, 3.63) is 63.4 Å². The Morgan fingerprint density at radius 1 is 1.11 bits per heavy atom. The molecule has 0 unspecified atom stereocenters. The van der Waals surface area contributed by atoms with Crippen LogP contribution >= 0.6 is 23.2 Å². The Hall–Kier alpha value is -2.09. The lowest BCUT2D eigenvalue weighted by atomic mass is 9.89. The first-order valence-corrected chi connectivity index (χ1v) is 9.20. The van der Waals surface area contributed by atoms with Gasteiger partial charge in [-0.05, 0) is 43.2 Å². The molecule has 1 aromatic heterocycles. The van der Waals surface area contributed by atoms with E-state index in [4.69, 9.17) is 27.9 Å². The first kappa shape index (κ1) is 19.2. The quantitative estimate of drug-likeness (QED) is 0.715. The second-order valence-corrected chi connectivity index (χ2v) is 7.32. The fraction of sp³-hybridized carbons (Fsp3) is 0.263. The van der Waals surface area contributed by atoms with Crippen LogP contribution in [0.15, 0.2) is 42.0 Å². The number of carbonyl (C=O) groups excluding carboxylic acids is 1. The number of benzene rings is 1. The Balaban J connectivity index is 1.71. The largest absolute Gasteiger partial charge is 0.433 e. The zero-order valence-corrected chi connectivity index (χ0v) is 15.7. The highest BCUT2D eigenvalue weighted by atomic mass is 35.5. The summed E-state index contributed by atoms with van der Waals surface area (Å²) >= 11 is 11.8. The van der Waals surface area contributed by atoms with Gasteiger partial charge in [-0.15, -0.1) is 0 Å². The van der Waals surface area contributed by atoms with Gasteiger partial charge in [0.2, 0.25) is 0 Å². The minimum Gasteiger partial charge on any atom is -0.365 e. The van der Waals surface area contributed by atoms with Gasteiger partial charge in [-0.3, -0.25) is 4.79 Å². The molecule has 0 radical (unpaired) electrons. The molecule has 0 aliphatic carbocycles. The van der Waals surface area contributed by atoms with Crippen LogP contribution in [-0.2, 0) is 15.7 Å². The molecule has 9 heteroatoms. The van der Waals surface area contributed by atoms with Crippen molar-refractivity contribution in [1.82, 2.24) is 4.98 Å². The van der Waals surface area contributed by atoms with E-state index in [0.717, 1.165) is 6.07 Å². The molecule has 1 fully saturated rings. The van der Waals surface area contributed by atoms with Gasteiger partial charge >= 0.3 is 6.18 Å². The van der Waals surface area contributed by atoms with E-state index < -0.39 is 30.0 Å². The molecule has 1 N–H and O–H groups in total. The number of ether oxygens (including phenoxy) is 1. The number of nitrogens with zero attached hydrogens (tertiary/aromatic N) is 1. The smallest absolute Gasteiger partial charge is 0.365 e. The summed E-state index contributed by atoms with van der Waals surface area (Å²) in [5.74, 6) is -0.459. The van der Waals surface area contributed by atoms with E-state index >= 15 is 0 Å². The fourth-order valence-corrected chi connectivity index (χ4v) is 3.79. The maximum Gasteiger partial charge on any atom is 0.433 e. The number of anilines is 1. The molecule has 28 heavy (non-hydrogen) atoms. The highest BCUT2D eigenvalue weighted by molar-refractivity contribution is 6.42. The van der Waals surface area contributed by atoms with Gasteiger partial charge in [0, 0.05) is 11.3 Å². The van der Waals surface area contributed by atoms with Gasteiger partial charge in [-0.25, -0.2) is 4.98 Å². The van der Waals surface area contributed by atoms with E-state index in [1.807, 2.05) is 0 Å². The number of carbonyl (C=O) groups is 1. The van der Waals surface area contributed by atoms with Crippen LogP contribution in [0.1, 0.15) is 24.2 Å². The SMILES string of the molecule is O=C(Nc1ccc(Cl)c(Cl)c1)C1=C(c2cccc(C(F)(F)F)n2)[C@@H]2CC[C@H]1O2. The number of pyridine rings is 1. The first-order chi connectivity index (χ1) is 13.2. The van der Waals surface area contributed by atoms with E-state index in [1.165, 1.54) is 18.2 Å². The number of hydrogen-bond donors (Lipinski definition) is 1. The number of amides is 1. The molecule has 1 saturated heterocycles. The maximum atomic E-state index is 13.0. The molecule has 2 atom stereocenters. The van der Waals surface area contributed by atoms with Gasteiger partial charge in [0.05, 0.1) is 33.5 Å². The topological polar surface area (TPSA) is 51.2 Å². The summed E-state index contributed by atoms with van der Waals surface area (Å²) < 4.78 is 44.9. The zero-order chi connectivity index (χ0) is 20.1. The molecule has 2 bridgehead atoms. The minimum atomic E-state index is -4.57. The third kappa shape index (κ3) is 3.50. The molecule has 0 spiro atoms. The van der Waals surface area contributed by atoms with Crippen LogP contribution in [0.25, 0.3) is 5.57 Å². The number of rotatable bonds is 3.